The van der Waals surface area contributed by atoms with Gasteiger partial charge in [0.1, 0.15) is 32.7 Å². The number of rotatable bonds is 12. The summed E-state index contributed by atoms with van der Waals surface area (Å²) in [6.45, 7) is 7.00. The first-order chi connectivity index (χ1) is 29.3. The van der Waals surface area contributed by atoms with E-state index in [1.54, 1.807) is 77.5 Å². The van der Waals surface area contributed by atoms with E-state index in [0.29, 0.717) is 56.5 Å². The fraction of sp³-hybridized carbons (Fsp3) is 0.238. The highest BCUT2D eigenvalue weighted by atomic mass is 35.5. The van der Waals surface area contributed by atoms with E-state index in [-0.39, 0.29) is 24.9 Å². The molecule has 0 spiro atoms. The molecule has 0 radical (unpaired) electrons. The number of halogens is 6. The predicted octanol–water partition coefficient (Wildman–Crippen LogP) is 12.0. The van der Waals surface area contributed by atoms with Gasteiger partial charge in [-0.15, -0.1) is 22.7 Å². The molecule has 2 aliphatic heterocycles. The molecule has 328 valence electrons. The van der Waals surface area contributed by atoms with E-state index in [2.05, 4.69) is 15.4 Å². The first-order valence-corrected chi connectivity index (χ1v) is 25.4. The zero-order valence-electron chi connectivity index (χ0n) is 32.9. The van der Waals surface area contributed by atoms with Gasteiger partial charge >= 0.3 is 0 Å². The van der Waals surface area contributed by atoms with Crippen LogP contribution in [-0.4, -0.2) is 54.2 Å². The number of hydrogen-bond donors (Lipinski definition) is 3. The van der Waals surface area contributed by atoms with Crippen LogP contribution >= 0.6 is 80.9 Å². The van der Waals surface area contributed by atoms with Crippen molar-refractivity contribution in [2.24, 2.45) is 0 Å². The highest BCUT2D eigenvalue weighted by Crippen LogP contribution is 2.41. The molecule has 4 heterocycles. The third-order valence-corrected chi connectivity index (χ3v) is 18.0. The van der Waals surface area contributed by atoms with Crippen LogP contribution in [0.3, 0.4) is 0 Å². The molecule has 2 aliphatic rings. The third-order valence-electron chi connectivity index (χ3n) is 9.99. The number of benzene rings is 4. The van der Waals surface area contributed by atoms with Gasteiger partial charge < -0.3 is 20.1 Å². The quantitative estimate of drug-likeness (QED) is 0.104. The van der Waals surface area contributed by atoms with Crippen molar-refractivity contribution in [3.8, 4) is 33.8 Å². The van der Waals surface area contributed by atoms with Gasteiger partial charge in [0.2, 0.25) is 0 Å². The summed E-state index contributed by atoms with van der Waals surface area (Å²) in [5, 5.41) is 11.4. The summed E-state index contributed by atoms with van der Waals surface area (Å²) in [5.74, 6) is 0.407. The standard InChI is InChI=1S/C21H19Cl3N2O3S2.C21H19Cl2FN2O3S2/c1-21(8-9-25-13-21)29-19-11-17(6-7-18(19)23)26(24)31(27,28)20-10-15(12-30-20)14-2-4-16(22)5-3-14;1-21(8-9-25-12-21)29-18-10-15(6-7-17(18)22)26-31(27,28)20-19(23)16(11-30-20)13-2-4-14(24)5-3-13/h2-7,10-12,25H,8-9,13H2,1H3;2-7,10-11,25-26H,8-9,12H2,1H3/t2*21-/m11/s1. The van der Waals surface area contributed by atoms with Gasteiger partial charge in [0.25, 0.3) is 20.0 Å². The minimum atomic E-state index is -3.98. The van der Waals surface area contributed by atoms with Gasteiger partial charge in [-0.1, -0.05) is 70.7 Å². The summed E-state index contributed by atoms with van der Waals surface area (Å²) in [7, 11) is -7.94. The molecule has 2 aromatic heterocycles. The van der Waals surface area contributed by atoms with Crippen molar-refractivity contribution in [2.45, 2.75) is 46.3 Å². The lowest BCUT2D eigenvalue weighted by molar-refractivity contribution is 0.111. The molecule has 0 amide bonds. The summed E-state index contributed by atoms with van der Waals surface area (Å²) >= 11 is 33.3. The number of anilines is 2. The Morgan fingerprint density at radius 3 is 1.89 bits per heavy atom. The fourth-order valence-electron chi connectivity index (χ4n) is 6.61. The Bertz CT molecular complexity index is 2780. The van der Waals surface area contributed by atoms with E-state index in [1.165, 1.54) is 12.1 Å². The Morgan fingerprint density at radius 2 is 1.29 bits per heavy atom. The van der Waals surface area contributed by atoms with Crippen LogP contribution in [0.1, 0.15) is 26.7 Å². The lowest BCUT2D eigenvalue weighted by Gasteiger charge is -2.26. The van der Waals surface area contributed by atoms with E-state index >= 15 is 0 Å². The van der Waals surface area contributed by atoms with E-state index < -0.39 is 31.2 Å². The van der Waals surface area contributed by atoms with Crippen LogP contribution in [0.15, 0.2) is 110 Å². The Kier molecular flexibility index (Phi) is 14.3. The first kappa shape index (κ1) is 46.7. The molecule has 2 fully saturated rings. The minimum absolute atomic E-state index is 0.0298. The van der Waals surface area contributed by atoms with Crippen molar-refractivity contribution < 1.29 is 30.7 Å². The lowest BCUT2D eigenvalue weighted by atomic mass is 10.1. The number of nitrogens with zero attached hydrogens (tertiary/aromatic N) is 1. The van der Waals surface area contributed by atoms with Crippen molar-refractivity contribution in [2.75, 3.05) is 34.7 Å². The van der Waals surface area contributed by atoms with Crippen molar-refractivity contribution in [3.63, 3.8) is 0 Å². The molecule has 2 atom stereocenters. The van der Waals surface area contributed by atoms with E-state index in [1.807, 2.05) is 26.0 Å². The Labute approximate surface area is 393 Å². The predicted molar refractivity (Wildman–Crippen MR) is 252 cm³/mol. The number of nitrogens with one attached hydrogen (secondary N) is 3. The summed E-state index contributed by atoms with van der Waals surface area (Å²) < 4.78 is 81.0. The highest BCUT2D eigenvalue weighted by molar-refractivity contribution is 7.96. The molecular weight excluding hydrogens is 981 g/mol. The van der Waals surface area contributed by atoms with Crippen LogP contribution in [0.4, 0.5) is 15.8 Å². The van der Waals surface area contributed by atoms with Gasteiger partial charge in [-0.05, 0) is 104 Å². The molecule has 10 nitrogen and oxygen atoms in total. The summed E-state index contributed by atoms with van der Waals surface area (Å²) in [6.07, 6.45) is 1.63. The minimum Gasteiger partial charge on any atom is -0.485 e. The monoisotopic (exact) mass is 1020 g/mol. The van der Waals surface area contributed by atoms with Gasteiger partial charge in [-0.2, -0.15) is 12.2 Å². The maximum atomic E-state index is 13.2. The second kappa shape index (κ2) is 19.0. The molecule has 6 aromatic rings. The third kappa shape index (κ3) is 10.8. The second-order valence-electron chi connectivity index (χ2n) is 15.0. The average Bonchev–Trinajstić information content (AvgIpc) is 4.07. The Morgan fingerprint density at radius 1 is 0.710 bits per heavy atom. The van der Waals surface area contributed by atoms with Crippen LogP contribution < -0.4 is 28.7 Å². The van der Waals surface area contributed by atoms with Crippen molar-refractivity contribution in [3.05, 3.63) is 128 Å². The Hall–Kier alpha value is -3.32. The highest BCUT2D eigenvalue weighted by Gasteiger charge is 2.34. The van der Waals surface area contributed by atoms with Crippen LogP contribution in [-0.2, 0) is 20.0 Å². The SMILES string of the molecule is C[C@@]1(Oc2cc(N(Cl)S(=O)(=O)c3cc(-c4ccc(Cl)cc4)cs3)ccc2Cl)CCNC1.C[C@@]1(Oc2cc(NS(=O)(=O)c3scc(-c4ccc(F)cc4)c3Cl)ccc2Cl)CCNC1. The number of ether oxygens (including phenoxy) is 2. The maximum Gasteiger partial charge on any atom is 0.287 e. The van der Waals surface area contributed by atoms with E-state index in [0.717, 1.165) is 63.6 Å². The number of hydrogen-bond acceptors (Lipinski definition) is 10. The molecule has 4 aromatic carbocycles. The molecule has 0 unspecified atom stereocenters. The van der Waals surface area contributed by atoms with Crippen molar-refractivity contribution in [1.29, 1.82) is 0 Å². The number of sulfonamides is 2. The fourth-order valence-corrected chi connectivity index (χ4v) is 12.8. The van der Waals surface area contributed by atoms with Crippen LogP contribution in [0.2, 0.25) is 20.1 Å². The van der Waals surface area contributed by atoms with Gasteiger partial charge in [0.05, 0.1) is 26.4 Å². The van der Waals surface area contributed by atoms with Gasteiger partial charge in [0, 0.05) is 65.8 Å². The zero-order chi connectivity index (χ0) is 44.5. The lowest BCUT2D eigenvalue weighted by Crippen LogP contribution is -2.34. The normalized spacial score (nSPS) is 18.8. The molecule has 8 rings (SSSR count). The summed E-state index contributed by atoms with van der Waals surface area (Å²) in [6, 6.07) is 23.8. The molecule has 2 saturated heterocycles. The second-order valence-corrected chi connectivity index (χ2v) is 22.8. The molecule has 0 saturated carbocycles. The largest absolute Gasteiger partial charge is 0.485 e. The van der Waals surface area contributed by atoms with Crippen molar-refractivity contribution in [1.82, 2.24) is 10.6 Å². The molecule has 20 heteroatoms. The molecule has 3 N–H and O–H groups in total. The summed E-state index contributed by atoms with van der Waals surface area (Å²) in [5.41, 5.74) is 2.51. The van der Waals surface area contributed by atoms with Crippen LogP contribution in [0.25, 0.3) is 22.3 Å². The first-order valence-electron chi connectivity index (χ1n) is 18.8. The molecule has 0 aliphatic carbocycles. The van der Waals surface area contributed by atoms with Crippen molar-refractivity contribution >= 4 is 112 Å². The van der Waals surface area contributed by atoms with Gasteiger partial charge in [-0.3, -0.25) is 4.72 Å². The molecule has 62 heavy (non-hydrogen) atoms. The average molecular weight is 1020 g/mol. The van der Waals surface area contributed by atoms with Gasteiger partial charge in [-0.25, -0.2) is 12.8 Å². The maximum absolute atomic E-state index is 13.2. The summed E-state index contributed by atoms with van der Waals surface area (Å²) in [4.78, 5) is 0. The molecule has 0 bridgehead atoms. The number of thiophene rings is 2. The van der Waals surface area contributed by atoms with Crippen LogP contribution in [0, 0.1) is 5.82 Å². The van der Waals surface area contributed by atoms with Crippen LogP contribution in [0.5, 0.6) is 11.5 Å². The van der Waals surface area contributed by atoms with Gasteiger partial charge in [0.15, 0.2) is 4.21 Å². The topological polar surface area (TPSA) is 126 Å². The Balaban J connectivity index is 0.000000186. The zero-order valence-corrected chi connectivity index (χ0v) is 39.9. The van der Waals surface area contributed by atoms with E-state index in [9.17, 15) is 21.2 Å². The van der Waals surface area contributed by atoms with E-state index in [4.69, 9.17) is 67.7 Å². The smallest absolute Gasteiger partial charge is 0.287 e. The molecular formula is C42H38Cl5FN4O6S4.